The third-order valence-corrected chi connectivity index (χ3v) is 3.77. The Morgan fingerprint density at radius 3 is 2.85 bits per heavy atom. The lowest BCUT2D eigenvalue weighted by Crippen LogP contribution is -2.14. The molecular formula is C13H9ClN4OS. The molecule has 2 aromatic heterocycles. The number of carbonyl (C=O) groups is 1. The second-order valence-corrected chi connectivity index (χ2v) is 5.61. The zero-order valence-corrected chi connectivity index (χ0v) is 12.0. The topological polar surface area (TPSA) is 67.8 Å². The first-order valence-electron chi connectivity index (χ1n) is 5.79. The van der Waals surface area contributed by atoms with Crippen molar-refractivity contribution in [3.8, 4) is 0 Å². The molecule has 100 valence electrons. The van der Waals surface area contributed by atoms with Gasteiger partial charge in [0.05, 0.1) is 15.9 Å². The molecule has 1 N–H and O–H groups in total. The van der Waals surface area contributed by atoms with E-state index in [1.54, 1.807) is 18.2 Å². The Kier molecular flexibility index (Phi) is 3.33. The quantitative estimate of drug-likeness (QED) is 0.788. The summed E-state index contributed by atoms with van der Waals surface area (Å²) in [5.41, 5.74) is 1.81. The summed E-state index contributed by atoms with van der Waals surface area (Å²) in [6, 6.07) is 8.76. The number of amides is 1. The van der Waals surface area contributed by atoms with Crippen LogP contribution in [-0.4, -0.2) is 21.1 Å². The van der Waals surface area contributed by atoms with E-state index in [1.165, 1.54) is 11.3 Å². The predicted molar refractivity (Wildman–Crippen MR) is 79.4 cm³/mol. The van der Waals surface area contributed by atoms with Crippen LogP contribution in [0.3, 0.4) is 0 Å². The van der Waals surface area contributed by atoms with Gasteiger partial charge in [-0.2, -0.15) is 5.10 Å². The van der Waals surface area contributed by atoms with E-state index in [9.17, 15) is 4.79 Å². The van der Waals surface area contributed by atoms with Crippen molar-refractivity contribution in [1.29, 1.82) is 0 Å². The van der Waals surface area contributed by atoms with Gasteiger partial charge < -0.3 is 0 Å². The van der Waals surface area contributed by atoms with E-state index < -0.39 is 0 Å². The van der Waals surface area contributed by atoms with Crippen LogP contribution in [0.4, 0.5) is 5.13 Å². The Bertz CT molecular complexity index is 785. The van der Waals surface area contributed by atoms with Gasteiger partial charge in [0.1, 0.15) is 0 Å². The van der Waals surface area contributed by atoms with Gasteiger partial charge in [-0.3, -0.25) is 10.1 Å². The van der Waals surface area contributed by atoms with Gasteiger partial charge in [0.25, 0.3) is 5.91 Å². The minimum atomic E-state index is -0.331. The minimum Gasteiger partial charge on any atom is -0.296 e. The van der Waals surface area contributed by atoms with Crippen molar-refractivity contribution in [2.75, 3.05) is 5.32 Å². The molecule has 0 aliphatic carbocycles. The molecule has 0 radical (unpaired) electrons. The normalized spacial score (nSPS) is 10.7. The lowest BCUT2D eigenvalue weighted by Gasteiger charge is -1.99. The maximum Gasteiger partial charge on any atom is 0.277 e. The molecule has 0 bridgehead atoms. The highest BCUT2D eigenvalue weighted by molar-refractivity contribution is 7.22. The van der Waals surface area contributed by atoms with Gasteiger partial charge in [-0.1, -0.05) is 22.9 Å². The lowest BCUT2D eigenvalue weighted by molar-refractivity contribution is 0.102. The molecule has 0 aliphatic rings. The molecule has 0 atom stereocenters. The Balaban J connectivity index is 1.85. The Morgan fingerprint density at radius 1 is 1.25 bits per heavy atom. The zero-order chi connectivity index (χ0) is 14.1. The van der Waals surface area contributed by atoms with Crippen molar-refractivity contribution in [3.05, 3.63) is 46.7 Å². The Morgan fingerprint density at radius 2 is 2.10 bits per heavy atom. The van der Waals surface area contributed by atoms with E-state index in [4.69, 9.17) is 11.6 Å². The van der Waals surface area contributed by atoms with Crippen molar-refractivity contribution < 1.29 is 4.79 Å². The zero-order valence-electron chi connectivity index (χ0n) is 10.4. The Labute approximate surface area is 123 Å². The summed E-state index contributed by atoms with van der Waals surface area (Å²) in [5.74, 6) is -0.331. The maximum absolute atomic E-state index is 12.0. The van der Waals surface area contributed by atoms with Gasteiger partial charge in [-0.05, 0) is 37.3 Å². The van der Waals surface area contributed by atoms with Crippen LogP contribution in [0.25, 0.3) is 10.2 Å². The second-order valence-electron chi connectivity index (χ2n) is 4.15. The molecule has 0 saturated heterocycles. The summed E-state index contributed by atoms with van der Waals surface area (Å²) in [6.07, 6.45) is 0. The molecule has 1 amide bonds. The number of hydrogen-bond donors (Lipinski definition) is 1. The predicted octanol–water partition coefficient (Wildman–Crippen LogP) is 3.30. The summed E-state index contributed by atoms with van der Waals surface area (Å²) >= 11 is 7.28. The van der Waals surface area contributed by atoms with E-state index >= 15 is 0 Å². The molecule has 1 aromatic carbocycles. The molecule has 2 heterocycles. The third kappa shape index (κ3) is 2.61. The first kappa shape index (κ1) is 13.0. The average Bonchev–Trinajstić information content (AvgIpc) is 2.80. The van der Waals surface area contributed by atoms with Crippen molar-refractivity contribution >= 4 is 44.2 Å². The highest BCUT2D eigenvalue weighted by atomic mass is 35.5. The summed E-state index contributed by atoms with van der Waals surface area (Å²) in [5, 5.41) is 11.5. The van der Waals surface area contributed by atoms with Crippen LogP contribution in [0.5, 0.6) is 0 Å². The SMILES string of the molecule is Cc1ccc(C(=O)Nc2nc3ccc(Cl)cc3s2)nn1. The van der Waals surface area contributed by atoms with Crippen LogP contribution in [0.2, 0.25) is 5.02 Å². The number of anilines is 1. The third-order valence-electron chi connectivity index (χ3n) is 2.60. The van der Waals surface area contributed by atoms with Crippen molar-refractivity contribution in [2.24, 2.45) is 0 Å². The summed E-state index contributed by atoms with van der Waals surface area (Å²) in [6.45, 7) is 1.81. The van der Waals surface area contributed by atoms with Crippen LogP contribution < -0.4 is 5.32 Å². The molecule has 20 heavy (non-hydrogen) atoms. The standard InChI is InChI=1S/C13H9ClN4OS/c1-7-2-4-10(18-17-7)12(19)16-13-15-9-5-3-8(14)6-11(9)20-13/h2-6H,1H3,(H,15,16,19). The number of halogens is 1. The number of benzene rings is 1. The van der Waals surface area contributed by atoms with Gasteiger partial charge in [-0.25, -0.2) is 4.98 Å². The van der Waals surface area contributed by atoms with E-state index in [-0.39, 0.29) is 11.6 Å². The van der Waals surface area contributed by atoms with Crippen molar-refractivity contribution in [1.82, 2.24) is 15.2 Å². The number of hydrogen-bond acceptors (Lipinski definition) is 5. The van der Waals surface area contributed by atoms with Crippen LogP contribution in [0.15, 0.2) is 30.3 Å². The number of nitrogens with one attached hydrogen (secondary N) is 1. The number of fused-ring (bicyclic) bond motifs is 1. The molecule has 7 heteroatoms. The lowest BCUT2D eigenvalue weighted by atomic mass is 10.3. The van der Waals surface area contributed by atoms with E-state index in [0.29, 0.717) is 10.2 Å². The molecule has 0 saturated carbocycles. The maximum atomic E-state index is 12.0. The molecular weight excluding hydrogens is 296 g/mol. The molecule has 0 aliphatic heterocycles. The van der Waals surface area contributed by atoms with Gasteiger partial charge in [-0.15, -0.1) is 5.10 Å². The van der Waals surface area contributed by atoms with Gasteiger partial charge in [0.2, 0.25) is 0 Å². The highest BCUT2D eigenvalue weighted by Gasteiger charge is 2.11. The van der Waals surface area contributed by atoms with Crippen LogP contribution in [-0.2, 0) is 0 Å². The molecule has 0 unspecified atom stereocenters. The first-order valence-corrected chi connectivity index (χ1v) is 6.99. The summed E-state index contributed by atoms with van der Waals surface area (Å²) in [7, 11) is 0. The van der Waals surface area contributed by atoms with Gasteiger partial charge in [0, 0.05) is 5.02 Å². The minimum absolute atomic E-state index is 0.257. The number of aromatic nitrogens is 3. The number of thiazole rings is 1. The highest BCUT2D eigenvalue weighted by Crippen LogP contribution is 2.28. The largest absolute Gasteiger partial charge is 0.296 e. The molecule has 3 aromatic rings. The number of nitrogens with zero attached hydrogens (tertiary/aromatic N) is 3. The van der Waals surface area contributed by atoms with Crippen molar-refractivity contribution in [2.45, 2.75) is 6.92 Å². The van der Waals surface area contributed by atoms with Gasteiger partial charge >= 0.3 is 0 Å². The molecule has 0 fully saturated rings. The van der Waals surface area contributed by atoms with Crippen LogP contribution in [0, 0.1) is 6.92 Å². The van der Waals surface area contributed by atoms with E-state index in [0.717, 1.165) is 15.9 Å². The average molecular weight is 305 g/mol. The van der Waals surface area contributed by atoms with E-state index in [2.05, 4.69) is 20.5 Å². The number of rotatable bonds is 2. The number of aryl methyl sites for hydroxylation is 1. The van der Waals surface area contributed by atoms with Crippen LogP contribution >= 0.6 is 22.9 Å². The second kappa shape index (κ2) is 5.15. The fraction of sp³-hybridized carbons (Fsp3) is 0.0769. The van der Waals surface area contributed by atoms with Gasteiger partial charge in [0.15, 0.2) is 10.8 Å². The summed E-state index contributed by atoms with van der Waals surface area (Å²) in [4.78, 5) is 16.3. The monoisotopic (exact) mass is 304 g/mol. The molecule has 3 rings (SSSR count). The smallest absolute Gasteiger partial charge is 0.277 e. The summed E-state index contributed by atoms with van der Waals surface area (Å²) < 4.78 is 0.919. The molecule has 0 spiro atoms. The number of carbonyl (C=O) groups excluding carboxylic acids is 1. The fourth-order valence-electron chi connectivity index (χ4n) is 1.63. The van der Waals surface area contributed by atoms with E-state index in [1.807, 2.05) is 19.1 Å². The molecule has 5 nitrogen and oxygen atoms in total. The first-order chi connectivity index (χ1) is 9.61. The van der Waals surface area contributed by atoms with Crippen molar-refractivity contribution in [3.63, 3.8) is 0 Å². The van der Waals surface area contributed by atoms with Crippen LogP contribution in [0.1, 0.15) is 16.2 Å². The fourth-order valence-corrected chi connectivity index (χ4v) is 2.77. The Hall–Kier alpha value is -2.05.